The molecule has 0 saturated carbocycles. The van der Waals surface area contributed by atoms with Crippen LogP contribution in [-0.4, -0.2) is 12.5 Å². The maximum absolute atomic E-state index is 13.7. The zero-order chi connectivity index (χ0) is 19.0. The SMILES string of the molecule is Cc1cc(NCc2c(F)c(F)c(F)c(F)c2F)ccc1N1CCCC1=O. The number of carbonyl (C=O) groups is 1. The fraction of sp³-hybridized carbons (Fsp3) is 0.278. The van der Waals surface area contributed by atoms with Crippen molar-refractivity contribution >= 4 is 17.3 Å². The van der Waals surface area contributed by atoms with E-state index in [2.05, 4.69) is 5.32 Å². The van der Waals surface area contributed by atoms with Gasteiger partial charge >= 0.3 is 0 Å². The van der Waals surface area contributed by atoms with E-state index in [1.54, 1.807) is 30.0 Å². The Balaban J connectivity index is 1.81. The van der Waals surface area contributed by atoms with E-state index in [0.29, 0.717) is 18.7 Å². The van der Waals surface area contributed by atoms with Crippen molar-refractivity contribution < 1.29 is 26.7 Å². The standard InChI is InChI=1S/C18H15F5N2O/c1-9-7-10(4-5-12(9)25-6-2-3-13(25)26)24-8-11-14(19)16(21)18(23)17(22)15(11)20/h4-5,7,24H,2-3,6,8H2,1H3. The molecule has 0 radical (unpaired) electrons. The topological polar surface area (TPSA) is 32.3 Å². The average molecular weight is 370 g/mol. The number of halogens is 5. The summed E-state index contributed by atoms with van der Waals surface area (Å²) in [5.41, 5.74) is 0.983. The molecule has 1 heterocycles. The minimum atomic E-state index is -2.18. The zero-order valence-corrected chi connectivity index (χ0v) is 13.8. The molecule has 1 N–H and O–H groups in total. The molecule has 0 aromatic heterocycles. The summed E-state index contributed by atoms with van der Waals surface area (Å²) in [6, 6.07) is 4.91. The molecule has 3 rings (SSSR count). The van der Waals surface area contributed by atoms with E-state index in [1.165, 1.54) is 0 Å². The maximum Gasteiger partial charge on any atom is 0.227 e. The van der Waals surface area contributed by atoms with Gasteiger partial charge in [-0.15, -0.1) is 0 Å². The Bertz CT molecular complexity index is 855. The predicted molar refractivity (Wildman–Crippen MR) is 86.3 cm³/mol. The molecule has 0 aliphatic carbocycles. The predicted octanol–water partition coefficient (Wildman–Crippen LogP) is 4.43. The third-order valence-electron chi connectivity index (χ3n) is 4.33. The Hall–Kier alpha value is -2.64. The lowest BCUT2D eigenvalue weighted by molar-refractivity contribution is -0.117. The second-order valence-corrected chi connectivity index (χ2v) is 6.05. The van der Waals surface area contributed by atoms with Gasteiger partial charge in [-0.2, -0.15) is 0 Å². The highest BCUT2D eigenvalue weighted by Crippen LogP contribution is 2.28. The van der Waals surface area contributed by atoms with E-state index in [4.69, 9.17) is 0 Å². The highest BCUT2D eigenvalue weighted by Gasteiger charge is 2.26. The number of benzene rings is 2. The number of anilines is 2. The van der Waals surface area contributed by atoms with Crippen LogP contribution < -0.4 is 10.2 Å². The lowest BCUT2D eigenvalue weighted by Crippen LogP contribution is -2.24. The van der Waals surface area contributed by atoms with Gasteiger partial charge in [0.25, 0.3) is 0 Å². The van der Waals surface area contributed by atoms with Crippen LogP contribution >= 0.6 is 0 Å². The van der Waals surface area contributed by atoms with Gasteiger partial charge < -0.3 is 10.2 Å². The first kappa shape index (κ1) is 18.2. The zero-order valence-electron chi connectivity index (χ0n) is 13.8. The van der Waals surface area contributed by atoms with Gasteiger partial charge in [-0.25, -0.2) is 22.0 Å². The first-order valence-corrected chi connectivity index (χ1v) is 7.96. The average Bonchev–Trinajstić information content (AvgIpc) is 3.04. The van der Waals surface area contributed by atoms with E-state index in [0.717, 1.165) is 17.7 Å². The number of aryl methyl sites for hydroxylation is 1. The molecule has 3 nitrogen and oxygen atoms in total. The number of hydrogen-bond donors (Lipinski definition) is 1. The van der Waals surface area contributed by atoms with Crippen LogP contribution in [0.3, 0.4) is 0 Å². The third-order valence-corrected chi connectivity index (χ3v) is 4.33. The van der Waals surface area contributed by atoms with Crippen molar-refractivity contribution in [1.82, 2.24) is 0 Å². The maximum atomic E-state index is 13.7. The second-order valence-electron chi connectivity index (χ2n) is 6.05. The van der Waals surface area contributed by atoms with Crippen LogP contribution in [0.2, 0.25) is 0 Å². The molecule has 138 valence electrons. The number of hydrogen-bond acceptors (Lipinski definition) is 2. The van der Waals surface area contributed by atoms with Gasteiger partial charge in [0.1, 0.15) is 0 Å². The van der Waals surface area contributed by atoms with Crippen LogP contribution in [0.25, 0.3) is 0 Å². The molecule has 0 spiro atoms. The number of amides is 1. The quantitative estimate of drug-likeness (QED) is 0.491. The summed E-state index contributed by atoms with van der Waals surface area (Å²) >= 11 is 0. The Labute approximate surface area is 146 Å². The van der Waals surface area contributed by atoms with Crippen LogP contribution in [-0.2, 0) is 11.3 Å². The van der Waals surface area contributed by atoms with E-state index in [1.807, 2.05) is 0 Å². The lowest BCUT2D eigenvalue weighted by atomic mass is 10.1. The summed E-state index contributed by atoms with van der Waals surface area (Å²) in [5, 5.41) is 2.65. The smallest absolute Gasteiger partial charge is 0.227 e. The molecule has 1 aliphatic heterocycles. The van der Waals surface area contributed by atoms with Gasteiger partial charge in [0, 0.05) is 36.4 Å². The molecule has 1 saturated heterocycles. The van der Waals surface area contributed by atoms with Crippen LogP contribution in [0.4, 0.5) is 33.3 Å². The molecule has 1 amide bonds. The van der Waals surface area contributed by atoms with E-state index in [-0.39, 0.29) is 5.91 Å². The van der Waals surface area contributed by atoms with E-state index < -0.39 is 41.2 Å². The highest BCUT2D eigenvalue weighted by molar-refractivity contribution is 5.96. The molecule has 2 aromatic carbocycles. The summed E-state index contributed by atoms with van der Waals surface area (Å²) in [6.07, 6.45) is 1.26. The first-order valence-electron chi connectivity index (χ1n) is 7.96. The summed E-state index contributed by atoms with van der Waals surface area (Å²) in [5.74, 6) is -9.82. The van der Waals surface area contributed by atoms with Crippen LogP contribution in [0.5, 0.6) is 0 Å². The number of nitrogens with zero attached hydrogens (tertiary/aromatic N) is 1. The Morgan fingerprint density at radius 2 is 1.62 bits per heavy atom. The summed E-state index contributed by atoms with van der Waals surface area (Å²) in [7, 11) is 0. The van der Waals surface area contributed by atoms with Crippen molar-refractivity contribution in [3.05, 3.63) is 58.4 Å². The molecule has 8 heteroatoms. The summed E-state index contributed by atoms with van der Waals surface area (Å²) in [6.45, 7) is 1.81. The summed E-state index contributed by atoms with van der Waals surface area (Å²) in [4.78, 5) is 13.5. The van der Waals surface area contributed by atoms with Crippen LogP contribution in [0.15, 0.2) is 18.2 Å². The number of nitrogens with one attached hydrogen (secondary N) is 1. The molecule has 1 aliphatic rings. The van der Waals surface area contributed by atoms with Gasteiger partial charge in [0.05, 0.1) is 0 Å². The molecule has 1 fully saturated rings. The minimum Gasteiger partial charge on any atom is -0.381 e. The molecule has 2 aromatic rings. The monoisotopic (exact) mass is 370 g/mol. The molecular formula is C18H15F5N2O. The Kier molecular flexibility index (Phi) is 4.84. The molecule has 0 bridgehead atoms. The van der Waals surface area contributed by atoms with Gasteiger partial charge in [-0.3, -0.25) is 4.79 Å². The normalized spacial score (nSPS) is 14.2. The van der Waals surface area contributed by atoms with Crippen molar-refractivity contribution in [3.63, 3.8) is 0 Å². The van der Waals surface area contributed by atoms with Crippen molar-refractivity contribution in [1.29, 1.82) is 0 Å². The number of rotatable bonds is 4. The van der Waals surface area contributed by atoms with Crippen molar-refractivity contribution in [2.45, 2.75) is 26.3 Å². The van der Waals surface area contributed by atoms with Crippen LogP contribution in [0.1, 0.15) is 24.0 Å². The van der Waals surface area contributed by atoms with Crippen LogP contribution in [0, 0.1) is 36.0 Å². The minimum absolute atomic E-state index is 0.0233. The molecule has 0 atom stereocenters. The fourth-order valence-corrected chi connectivity index (χ4v) is 2.97. The van der Waals surface area contributed by atoms with Crippen molar-refractivity contribution in [2.75, 3.05) is 16.8 Å². The Morgan fingerprint density at radius 3 is 2.15 bits per heavy atom. The van der Waals surface area contributed by atoms with Gasteiger partial charge in [0.15, 0.2) is 23.3 Å². The van der Waals surface area contributed by atoms with Gasteiger partial charge in [0.2, 0.25) is 11.7 Å². The van der Waals surface area contributed by atoms with E-state index >= 15 is 0 Å². The lowest BCUT2D eigenvalue weighted by Gasteiger charge is -2.19. The first-order chi connectivity index (χ1) is 12.3. The van der Waals surface area contributed by atoms with Crippen molar-refractivity contribution in [2.24, 2.45) is 0 Å². The third kappa shape index (κ3) is 3.11. The van der Waals surface area contributed by atoms with E-state index in [9.17, 15) is 26.7 Å². The molecular weight excluding hydrogens is 355 g/mol. The molecule has 0 unspecified atom stereocenters. The highest BCUT2D eigenvalue weighted by atomic mass is 19.2. The fourth-order valence-electron chi connectivity index (χ4n) is 2.97. The largest absolute Gasteiger partial charge is 0.381 e. The number of carbonyl (C=O) groups excluding carboxylic acids is 1. The Morgan fingerprint density at radius 1 is 1.00 bits per heavy atom. The van der Waals surface area contributed by atoms with Gasteiger partial charge in [-0.05, 0) is 37.1 Å². The van der Waals surface area contributed by atoms with Gasteiger partial charge in [-0.1, -0.05) is 0 Å². The summed E-state index contributed by atoms with van der Waals surface area (Å²) < 4.78 is 66.9. The second kappa shape index (κ2) is 6.93. The van der Waals surface area contributed by atoms with Crippen molar-refractivity contribution in [3.8, 4) is 0 Å². The molecule has 26 heavy (non-hydrogen) atoms.